The zero-order valence-corrected chi connectivity index (χ0v) is 9.63. The Labute approximate surface area is 101 Å². The summed E-state index contributed by atoms with van der Waals surface area (Å²) in [6.45, 7) is 0. The molecule has 0 radical (unpaired) electrons. The molecule has 1 aromatic heterocycles. The van der Waals surface area contributed by atoms with Crippen molar-refractivity contribution in [3.63, 3.8) is 0 Å². The van der Waals surface area contributed by atoms with Crippen LogP contribution in [-0.4, -0.2) is 9.97 Å². The Balaban J connectivity index is 1.89. The fraction of sp³-hybridized carbons (Fsp3) is 0.286. The number of nitrogen functional groups attached to an aromatic ring is 1. The lowest BCUT2D eigenvalue weighted by Gasteiger charge is -2.23. The van der Waals surface area contributed by atoms with E-state index in [1.807, 2.05) is 0 Å². The van der Waals surface area contributed by atoms with Gasteiger partial charge in [-0.1, -0.05) is 24.3 Å². The standard InChI is InChI=1S/C14H15N3/c15-13-7-8-16-14(17-13)12-6-5-10-3-1-2-4-11(10)9-12/h1-4,7-8,12H,5-6,9H2,(H2,15,16,17). The maximum atomic E-state index is 5.71. The van der Waals surface area contributed by atoms with Crippen LogP contribution in [0.25, 0.3) is 0 Å². The molecule has 1 aromatic carbocycles. The molecule has 0 saturated carbocycles. The molecule has 1 heterocycles. The lowest BCUT2D eigenvalue weighted by Crippen LogP contribution is -2.15. The maximum absolute atomic E-state index is 5.71. The van der Waals surface area contributed by atoms with Gasteiger partial charge in [0.25, 0.3) is 0 Å². The molecular formula is C14H15N3. The molecule has 0 fully saturated rings. The molecular weight excluding hydrogens is 210 g/mol. The van der Waals surface area contributed by atoms with Crippen LogP contribution in [0.1, 0.15) is 29.3 Å². The zero-order chi connectivity index (χ0) is 11.7. The van der Waals surface area contributed by atoms with Gasteiger partial charge in [0.2, 0.25) is 0 Å². The molecule has 3 nitrogen and oxygen atoms in total. The molecule has 0 amide bonds. The van der Waals surface area contributed by atoms with Crippen molar-refractivity contribution in [1.82, 2.24) is 9.97 Å². The Morgan fingerprint density at radius 1 is 1.12 bits per heavy atom. The molecule has 3 heteroatoms. The first-order valence-corrected chi connectivity index (χ1v) is 5.98. The van der Waals surface area contributed by atoms with Crippen LogP contribution in [0.2, 0.25) is 0 Å². The Bertz CT molecular complexity index is 536. The Hall–Kier alpha value is -1.90. The minimum absolute atomic E-state index is 0.411. The van der Waals surface area contributed by atoms with Crippen LogP contribution in [0.3, 0.4) is 0 Å². The van der Waals surface area contributed by atoms with E-state index in [0.717, 1.165) is 25.1 Å². The molecule has 1 aliphatic carbocycles. The van der Waals surface area contributed by atoms with E-state index in [1.165, 1.54) is 11.1 Å². The molecule has 1 aliphatic rings. The van der Waals surface area contributed by atoms with E-state index in [1.54, 1.807) is 12.3 Å². The summed E-state index contributed by atoms with van der Waals surface area (Å²) in [6, 6.07) is 10.4. The molecule has 1 unspecified atom stereocenters. The summed E-state index contributed by atoms with van der Waals surface area (Å²) in [5.74, 6) is 1.86. The van der Waals surface area contributed by atoms with Gasteiger partial charge in [-0.15, -0.1) is 0 Å². The van der Waals surface area contributed by atoms with Gasteiger partial charge in [-0.3, -0.25) is 0 Å². The van der Waals surface area contributed by atoms with Crippen LogP contribution >= 0.6 is 0 Å². The van der Waals surface area contributed by atoms with Crippen molar-refractivity contribution in [1.29, 1.82) is 0 Å². The second kappa shape index (κ2) is 4.17. The van der Waals surface area contributed by atoms with E-state index >= 15 is 0 Å². The zero-order valence-electron chi connectivity index (χ0n) is 9.63. The lowest BCUT2D eigenvalue weighted by atomic mass is 9.83. The average molecular weight is 225 g/mol. The molecule has 0 bridgehead atoms. The molecule has 1 atom stereocenters. The monoisotopic (exact) mass is 225 g/mol. The number of aryl methyl sites for hydroxylation is 1. The molecule has 2 aromatic rings. The van der Waals surface area contributed by atoms with E-state index in [4.69, 9.17) is 5.73 Å². The second-order valence-corrected chi connectivity index (χ2v) is 4.55. The van der Waals surface area contributed by atoms with Gasteiger partial charge in [0.1, 0.15) is 11.6 Å². The molecule has 2 N–H and O–H groups in total. The van der Waals surface area contributed by atoms with E-state index in [0.29, 0.717) is 11.7 Å². The smallest absolute Gasteiger partial charge is 0.134 e. The predicted octanol–water partition coefficient (Wildman–Crippen LogP) is 2.33. The molecule has 17 heavy (non-hydrogen) atoms. The fourth-order valence-electron chi connectivity index (χ4n) is 2.50. The molecule has 3 rings (SSSR count). The Kier molecular flexibility index (Phi) is 2.52. The van der Waals surface area contributed by atoms with E-state index in [2.05, 4.69) is 34.2 Å². The van der Waals surface area contributed by atoms with Gasteiger partial charge in [-0.25, -0.2) is 9.97 Å². The fourth-order valence-corrected chi connectivity index (χ4v) is 2.50. The topological polar surface area (TPSA) is 51.8 Å². The van der Waals surface area contributed by atoms with E-state index < -0.39 is 0 Å². The number of hydrogen-bond acceptors (Lipinski definition) is 3. The maximum Gasteiger partial charge on any atom is 0.134 e. The first kappa shape index (κ1) is 10.3. The van der Waals surface area contributed by atoms with Crippen molar-refractivity contribution in [2.24, 2.45) is 0 Å². The number of aromatic nitrogens is 2. The van der Waals surface area contributed by atoms with E-state index in [-0.39, 0.29) is 0 Å². The third-order valence-corrected chi connectivity index (χ3v) is 3.41. The van der Waals surface area contributed by atoms with Gasteiger partial charge in [-0.2, -0.15) is 0 Å². The van der Waals surface area contributed by atoms with Gasteiger partial charge in [0.05, 0.1) is 0 Å². The Morgan fingerprint density at radius 2 is 1.94 bits per heavy atom. The van der Waals surface area contributed by atoms with Crippen LogP contribution < -0.4 is 5.73 Å². The highest BCUT2D eigenvalue weighted by Crippen LogP contribution is 2.30. The van der Waals surface area contributed by atoms with Crippen molar-refractivity contribution < 1.29 is 0 Å². The third-order valence-electron chi connectivity index (χ3n) is 3.41. The number of anilines is 1. The number of nitrogens with zero attached hydrogens (tertiary/aromatic N) is 2. The van der Waals surface area contributed by atoms with Gasteiger partial charge < -0.3 is 5.73 Å². The highest BCUT2D eigenvalue weighted by atomic mass is 14.9. The third kappa shape index (κ3) is 2.00. The van der Waals surface area contributed by atoms with Crippen LogP contribution in [0, 0.1) is 0 Å². The lowest BCUT2D eigenvalue weighted by molar-refractivity contribution is 0.555. The summed E-state index contributed by atoms with van der Waals surface area (Å²) < 4.78 is 0. The minimum atomic E-state index is 0.411. The summed E-state index contributed by atoms with van der Waals surface area (Å²) in [7, 11) is 0. The van der Waals surface area contributed by atoms with Crippen molar-refractivity contribution in [3.05, 3.63) is 53.5 Å². The largest absolute Gasteiger partial charge is 0.384 e. The summed E-state index contributed by atoms with van der Waals surface area (Å²) in [5.41, 5.74) is 8.60. The SMILES string of the molecule is Nc1ccnc(C2CCc3ccccc3C2)n1. The first-order chi connectivity index (χ1) is 8.33. The summed E-state index contributed by atoms with van der Waals surface area (Å²) in [4.78, 5) is 8.68. The van der Waals surface area contributed by atoms with Gasteiger partial charge >= 0.3 is 0 Å². The summed E-state index contributed by atoms with van der Waals surface area (Å²) in [6.07, 6.45) is 5.00. The van der Waals surface area contributed by atoms with Crippen molar-refractivity contribution in [3.8, 4) is 0 Å². The number of hydrogen-bond donors (Lipinski definition) is 1. The van der Waals surface area contributed by atoms with Crippen molar-refractivity contribution >= 4 is 5.82 Å². The number of rotatable bonds is 1. The van der Waals surface area contributed by atoms with E-state index in [9.17, 15) is 0 Å². The van der Waals surface area contributed by atoms with Crippen LogP contribution in [0.5, 0.6) is 0 Å². The van der Waals surface area contributed by atoms with Crippen LogP contribution in [0.15, 0.2) is 36.5 Å². The van der Waals surface area contributed by atoms with Gasteiger partial charge in [-0.05, 0) is 36.5 Å². The quantitative estimate of drug-likeness (QED) is 0.810. The van der Waals surface area contributed by atoms with Crippen molar-refractivity contribution in [2.75, 3.05) is 5.73 Å². The highest BCUT2D eigenvalue weighted by molar-refractivity contribution is 5.32. The molecule has 0 saturated heterocycles. The number of benzene rings is 1. The summed E-state index contributed by atoms with van der Waals surface area (Å²) >= 11 is 0. The minimum Gasteiger partial charge on any atom is -0.384 e. The van der Waals surface area contributed by atoms with Gasteiger partial charge in [0, 0.05) is 12.1 Å². The second-order valence-electron chi connectivity index (χ2n) is 4.55. The Morgan fingerprint density at radius 3 is 2.76 bits per heavy atom. The van der Waals surface area contributed by atoms with Crippen LogP contribution in [0.4, 0.5) is 5.82 Å². The first-order valence-electron chi connectivity index (χ1n) is 5.98. The normalized spacial score (nSPS) is 18.7. The van der Waals surface area contributed by atoms with Gasteiger partial charge in [0.15, 0.2) is 0 Å². The summed E-state index contributed by atoms with van der Waals surface area (Å²) in [5, 5.41) is 0. The number of fused-ring (bicyclic) bond motifs is 1. The molecule has 0 spiro atoms. The van der Waals surface area contributed by atoms with Crippen LogP contribution in [-0.2, 0) is 12.8 Å². The molecule has 86 valence electrons. The number of nitrogens with two attached hydrogens (primary N) is 1. The predicted molar refractivity (Wildman–Crippen MR) is 67.7 cm³/mol. The molecule has 0 aliphatic heterocycles. The average Bonchev–Trinajstić information content (AvgIpc) is 2.38. The van der Waals surface area contributed by atoms with Crippen molar-refractivity contribution in [2.45, 2.75) is 25.2 Å². The highest BCUT2D eigenvalue weighted by Gasteiger charge is 2.21.